The van der Waals surface area contributed by atoms with Crippen LogP contribution in [-0.2, 0) is 7.05 Å². The lowest BCUT2D eigenvalue weighted by molar-refractivity contribution is 0.102. The van der Waals surface area contributed by atoms with Crippen LogP contribution in [0.4, 0.5) is 5.82 Å². The van der Waals surface area contributed by atoms with Crippen molar-refractivity contribution in [1.29, 1.82) is 0 Å². The van der Waals surface area contributed by atoms with Crippen LogP contribution in [0.1, 0.15) is 10.4 Å². The van der Waals surface area contributed by atoms with Crippen LogP contribution < -0.4 is 5.32 Å². The summed E-state index contributed by atoms with van der Waals surface area (Å²) >= 11 is 5.98. The normalized spacial score (nSPS) is 10.7. The molecule has 0 aliphatic heterocycles. The SMILES string of the molecule is Cn1cnc2c(NC(=O)c3ccccc3)nc(Cl)cc21. The zero-order chi connectivity index (χ0) is 14.1. The monoisotopic (exact) mass is 286 g/mol. The maximum absolute atomic E-state index is 12.1. The predicted molar refractivity (Wildman–Crippen MR) is 77.9 cm³/mol. The van der Waals surface area contributed by atoms with Gasteiger partial charge in [-0.15, -0.1) is 0 Å². The highest BCUT2D eigenvalue weighted by Gasteiger charge is 2.13. The van der Waals surface area contributed by atoms with Crippen molar-refractivity contribution < 1.29 is 4.79 Å². The first-order valence-corrected chi connectivity index (χ1v) is 6.37. The lowest BCUT2D eigenvalue weighted by atomic mass is 10.2. The molecule has 2 heterocycles. The number of pyridine rings is 1. The second-order valence-electron chi connectivity index (χ2n) is 4.34. The smallest absolute Gasteiger partial charge is 0.256 e. The summed E-state index contributed by atoms with van der Waals surface area (Å²) in [6.45, 7) is 0. The highest BCUT2D eigenvalue weighted by molar-refractivity contribution is 6.30. The number of rotatable bonds is 2. The van der Waals surface area contributed by atoms with Crippen molar-refractivity contribution in [3.8, 4) is 0 Å². The van der Waals surface area contributed by atoms with Gasteiger partial charge >= 0.3 is 0 Å². The molecule has 6 heteroatoms. The molecule has 0 fully saturated rings. The van der Waals surface area contributed by atoms with Crippen LogP contribution in [0.3, 0.4) is 0 Å². The Kier molecular flexibility index (Phi) is 3.12. The fourth-order valence-corrected chi connectivity index (χ4v) is 2.14. The van der Waals surface area contributed by atoms with E-state index in [0.717, 1.165) is 5.52 Å². The van der Waals surface area contributed by atoms with Crippen molar-refractivity contribution in [2.24, 2.45) is 7.05 Å². The van der Waals surface area contributed by atoms with Gasteiger partial charge in [0.2, 0.25) is 0 Å². The van der Waals surface area contributed by atoms with Crippen molar-refractivity contribution in [2.75, 3.05) is 5.32 Å². The van der Waals surface area contributed by atoms with Crippen LogP contribution in [0.2, 0.25) is 5.15 Å². The van der Waals surface area contributed by atoms with Gasteiger partial charge in [-0.05, 0) is 12.1 Å². The van der Waals surface area contributed by atoms with E-state index in [9.17, 15) is 4.79 Å². The number of nitrogens with zero attached hydrogens (tertiary/aromatic N) is 3. The molecule has 0 bridgehead atoms. The molecule has 20 heavy (non-hydrogen) atoms. The summed E-state index contributed by atoms with van der Waals surface area (Å²) in [5, 5.41) is 3.05. The number of nitrogens with one attached hydrogen (secondary N) is 1. The Labute approximate surface area is 120 Å². The number of anilines is 1. The van der Waals surface area contributed by atoms with Gasteiger partial charge in [-0.25, -0.2) is 9.97 Å². The molecular formula is C14H11ClN4O. The first-order chi connectivity index (χ1) is 9.65. The van der Waals surface area contributed by atoms with Crippen LogP contribution in [0.25, 0.3) is 11.0 Å². The second-order valence-corrected chi connectivity index (χ2v) is 4.72. The molecule has 0 aliphatic carbocycles. The summed E-state index contributed by atoms with van der Waals surface area (Å²) in [4.78, 5) is 20.5. The van der Waals surface area contributed by atoms with Gasteiger partial charge < -0.3 is 9.88 Å². The molecule has 0 radical (unpaired) electrons. The maximum Gasteiger partial charge on any atom is 0.256 e. The molecule has 0 atom stereocenters. The van der Waals surface area contributed by atoms with Crippen molar-refractivity contribution >= 4 is 34.4 Å². The lowest BCUT2D eigenvalue weighted by Crippen LogP contribution is -2.13. The van der Waals surface area contributed by atoms with E-state index >= 15 is 0 Å². The summed E-state index contributed by atoms with van der Waals surface area (Å²) in [5.74, 6) is 0.120. The summed E-state index contributed by atoms with van der Waals surface area (Å²) in [7, 11) is 1.86. The molecular weight excluding hydrogens is 276 g/mol. The molecule has 0 aliphatic rings. The van der Waals surface area contributed by atoms with E-state index in [2.05, 4.69) is 15.3 Å². The molecule has 2 aromatic heterocycles. The van der Waals surface area contributed by atoms with Gasteiger partial charge in [0.15, 0.2) is 5.82 Å². The first-order valence-electron chi connectivity index (χ1n) is 5.99. The van der Waals surface area contributed by atoms with Gasteiger partial charge in [0, 0.05) is 18.7 Å². The Balaban J connectivity index is 2.01. The minimum Gasteiger partial charge on any atom is -0.334 e. The Hall–Kier alpha value is -2.40. The quantitative estimate of drug-likeness (QED) is 0.737. The Morgan fingerprint density at radius 2 is 2.05 bits per heavy atom. The molecule has 1 aromatic carbocycles. The maximum atomic E-state index is 12.1. The topological polar surface area (TPSA) is 59.8 Å². The van der Waals surface area contributed by atoms with E-state index in [4.69, 9.17) is 11.6 Å². The summed E-state index contributed by atoms with van der Waals surface area (Å²) in [5.41, 5.74) is 1.98. The summed E-state index contributed by atoms with van der Waals surface area (Å²) in [6.07, 6.45) is 1.65. The molecule has 0 saturated heterocycles. The Morgan fingerprint density at radius 1 is 1.30 bits per heavy atom. The van der Waals surface area contributed by atoms with E-state index in [0.29, 0.717) is 22.1 Å². The van der Waals surface area contributed by atoms with Crippen LogP contribution in [0, 0.1) is 0 Å². The number of hydrogen-bond acceptors (Lipinski definition) is 3. The molecule has 1 N–H and O–H groups in total. The number of benzene rings is 1. The van der Waals surface area contributed by atoms with Crippen LogP contribution in [0.5, 0.6) is 0 Å². The van der Waals surface area contributed by atoms with Crippen molar-refractivity contribution in [1.82, 2.24) is 14.5 Å². The van der Waals surface area contributed by atoms with E-state index in [1.807, 2.05) is 17.7 Å². The molecule has 100 valence electrons. The zero-order valence-corrected chi connectivity index (χ0v) is 11.4. The molecule has 1 amide bonds. The first kappa shape index (κ1) is 12.6. The number of carbonyl (C=O) groups excluding carboxylic acids is 1. The largest absolute Gasteiger partial charge is 0.334 e. The highest BCUT2D eigenvalue weighted by Crippen LogP contribution is 2.23. The van der Waals surface area contributed by atoms with Crippen LogP contribution >= 0.6 is 11.6 Å². The highest BCUT2D eigenvalue weighted by atomic mass is 35.5. The third-order valence-corrected chi connectivity index (χ3v) is 3.14. The van der Waals surface area contributed by atoms with E-state index < -0.39 is 0 Å². The van der Waals surface area contributed by atoms with Crippen molar-refractivity contribution in [3.05, 3.63) is 53.4 Å². The van der Waals surface area contributed by atoms with E-state index in [-0.39, 0.29) is 5.91 Å². The van der Waals surface area contributed by atoms with Crippen LogP contribution in [0.15, 0.2) is 42.7 Å². The van der Waals surface area contributed by atoms with Crippen LogP contribution in [-0.4, -0.2) is 20.4 Å². The van der Waals surface area contributed by atoms with Gasteiger partial charge in [0.1, 0.15) is 10.7 Å². The van der Waals surface area contributed by atoms with Crippen molar-refractivity contribution in [2.45, 2.75) is 0 Å². The summed E-state index contributed by atoms with van der Waals surface area (Å²) in [6, 6.07) is 10.6. The van der Waals surface area contributed by atoms with Gasteiger partial charge in [0.05, 0.1) is 11.8 Å². The third-order valence-electron chi connectivity index (χ3n) is 2.95. The molecule has 0 spiro atoms. The second kappa shape index (κ2) is 4.94. The van der Waals surface area contributed by atoms with E-state index in [1.54, 1.807) is 36.7 Å². The number of carbonyl (C=O) groups is 1. The molecule has 5 nitrogen and oxygen atoms in total. The lowest BCUT2D eigenvalue weighted by Gasteiger charge is -2.06. The average Bonchev–Trinajstić information content (AvgIpc) is 2.81. The number of aryl methyl sites for hydroxylation is 1. The number of amides is 1. The fraction of sp³-hybridized carbons (Fsp3) is 0.0714. The molecule has 0 unspecified atom stereocenters. The molecule has 0 saturated carbocycles. The Bertz CT molecular complexity index is 782. The van der Waals surface area contributed by atoms with Gasteiger partial charge in [-0.1, -0.05) is 29.8 Å². The number of aromatic nitrogens is 3. The Morgan fingerprint density at radius 3 is 2.80 bits per heavy atom. The average molecular weight is 287 g/mol. The fourth-order valence-electron chi connectivity index (χ4n) is 1.95. The molecule has 3 aromatic rings. The third kappa shape index (κ3) is 2.23. The standard InChI is InChI=1S/C14H11ClN4O/c1-19-8-16-12-10(19)7-11(15)17-13(12)18-14(20)9-5-3-2-4-6-9/h2-8H,1H3,(H,17,18,20). The predicted octanol–water partition coefficient (Wildman–Crippen LogP) is 2.87. The number of fused-ring (bicyclic) bond motifs is 1. The molecule has 3 rings (SSSR count). The van der Waals surface area contributed by atoms with Gasteiger partial charge in [0.25, 0.3) is 5.91 Å². The number of imidazole rings is 1. The summed E-state index contributed by atoms with van der Waals surface area (Å²) < 4.78 is 1.82. The zero-order valence-electron chi connectivity index (χ0n) is 10.7. The number of hydrogen-bond donors (Lipinski definition) is 1. The van der Waals surface area contributed by atoms with Gasteiger partial charge in [-0.3, -0.25) is 4.79 Å². The minimum absolute atomic E-state index is 0.243. The van der Waals surface area contributed by atoms with Gasteiger partial charge in [-0.2, -0.15) is 0 Å². The number of halogens is 1. The van der Waals surface area contributed by atoms with E-state index in [1.165, 1.54) is 0 Å². The van der Waals surface area contributed by atoms with Crippen molar-refractivity contribution in [3.63, 3.8) is 0 Å². The minimum atomic E-state index is -0.243.